The fourth-order valence-corrected chi connectivity index (χ4v) is 3.86. The monoisotopic (exact) mass is 441 g/mol. The Morgan fingerprint density at radius 1 is 0.935 bits per heavy atom. The molecule has 0 bridgehead atoms. The van der Waals surface area contributed by atoms with Crippen LogP contribution in [0, 0.1) is 12.3 Å². The molecule has 9 heteroatoms. The highest BCUT2D eigenvalue weighted by Gasteiger charge is 2.35. The highest BCUT2D eigenvalue weighted by atomic mass is 35.5. The Balaban J connectivity index is 1.72. The van der Waals surface area contributed by atoms with Crippen LogP contribution in [0.4, 0.5) is 17.1 Å². The van der Waals surface area contributed by atoms with E-state index in [-0.39, 0.29) is 38.6 Å². The number of hydrogen-bond donors (Lipinski definition) is 3. The minimum absolute atomic E-state index is 0.0131. The van der Waals surface area contributed by atoms with Crippen molar-refractivity contribution >= 4 is 40.5 Å². The lowest BCUT2D eigenvalue weighted by atomic mass is 9.85. The molecular weight excluding hydrogens is 422 g/mol. The van der Waals surface area contributed by atoms with Crippen molar-refractivity contribution in [1.29, 1.82) is 0 Å². The summed E-state index contributed by atoms with van der Waals surface area (Å²) in [6.45, 7) is 7.75. The Morgan fingerprint density at radius 2 is 1.58 bits per heavy atom. The number of imide groups is 1. The summed E-state index contributed by atoms with van der Waals surface area (Å²) >= 11 is 6.06. The van der Waals surface area contributed by atoms with E-state index >= 15 is 0 Å². The molecule has 3 aromatic rings. The van der Waals surface area contributed by atoms with Gasteiger partial charge < -0.3 is 15.1 Å². The number of furan rings is 1. The average molecular weight is 442 g/mol. The maximum absolute atomic E-state index is 12.4. The molecule has 2 heterocycles. The van der Waals surface area contributed by atoms with Gasteiger partial charge in [0.25, 0.3) is 22.7 Å². The van der Waals surface area contributed by atoms with E-state index in [9.17, 15) is 19.2 Å². The summed E-state index contributed by atoms with van der Waals surface area (Å²) in [4.78, 5) is 49.0. The molecule has 3 N–H and O–H groups in total. The first kappa shape index (κ1) is 20.9. The van der Waals surface area contributed by atoms with Crippen LogP contribution in [0.5, 0.6) is 0 Å². The molecule has 0 fully saturated rings. The van der Waals surface area contributed by atoms with Crippen LogP contribution >= 0.6 is 11.6 Å². The number of carbonyl (C=O) groups excluding carboxylic acids is 2. The van der Waals surface area contributed by atoms with Crippen molar-refractivity contribution in [2.45, 2.75) is 33.7 Å². The molecule has 0 saturated carbocycles. The maximum atomic E-state index is 12.4. The van der Waals surface area contributed by atoms with Crippen LogP contribution in [0.15, 0.2) is 38.3 Å². The lowest BCUT2D eigenvalue weighted by Crippen LogP contribution is -2.39. The summed E-state index contributed by atoms with van der Waals surface area (Å²) in [5, 5.41) is 8.28. The molecule has 31 heavy (non-hydrogen) atoms. The van der Waals surface area contributed by atoms with E-state index in [0.29, 0.717) is 5.76 Å². The molecule has 2 amide bonds. The SMILES string of the molecule is Cc1ccc([C@H](Nc2c(Nc3ccc(Cl)c4c3C(=O)NC4=O)c(=O)c2=O)C(C)(C)C)o1. The number of carbonyl (C=O) groups is 2. The van der Waals surface area contributed by atoms with Gasteiger partial charge in [-0.3, -0.25) is 24.5 Å². The van der Waals surface area contributed by atoms with Crippen LogP contribution in [-0.2, 0) is 0 Å². The summed E-state index contributed by atoms with van der Waals surface area (Å²) in [7, 11) is 0. The van der Waals surface area contributed by atoms with Crippen molar-refractivity contribution in [3.05, 3.63) is 72.4 Å². The third-order valence-corrected chi connectivity index (χ3v) is 5.52. The fraction of sp³-hybridized carbons (Fsp3) is 0.273. The maximum Gasteiger partial charge on any atom is 0.261 e. The smallest absolute Gasteiger partial charge is 0.261 e. The number of aryl methyl sites for hydroxylation is 1. The summed E-state index contributed by atoms with van der Waals surface area (Å²) < 4.78 is 5.75. The zero-order valence-corrected chi connectivity index (χ0v) is 18.1. The molecule has 1 aromatic heterocycles. The van der Waals surface area contributed by atoms with Crippen molar-refractivity contribution < 1.29 is 14.0 Å². The Morgan fingerprint density at radius 3 is 2.19 bits per heavy atom. The molecule has 2 aromatic carbocycles. The van der Waals surface area contributed by atoms with Crippen LogP contribution in [-0.4, -0.2) is 11.8 Å². The van der Waals surface area contributed by atoms with Crippen LogP contribution in [0.25, 0.3) is 0 Å². The van der Waals surface area contributed by atoms with E-state index in [1.165, 1.54) is 12.1 Å². The van der Waals surface area contributed by atoms with Crippen LogP contribution in [0.1, 0.15) is 59.0 Å². The van der Waals surface area contributed by atoms with Gasteiger partial charge in [-0.05, 0) is 36.6 Å². The number of nitrogens with one attached hydrogen (secondary N) is 3. The average Bonchev–Trinajstić information content (AvgIpc) is 3.24. The van der Waals surface area contributed by atoms with Gasteiger partial charge >= 0.3 is 0 Å². The van der Waals surface area contributed by atoms with Gasteiger partial charge in [0.1, 0.15) is 22.9 Å². The summed E-state index contributed by atoms with van der Waals surface area (Å²) in [5.74, 6) is 0.109. The third kappa shape index (κ3) is 3.42. The van der Waals surface area contributed by atoms with E-state index in [2.05, 4.69) is 16.0 Å². The van der Waals surface area contributed by atoms with Gasteiger partial charge in [-0.2, -0.15) is 0 Å². The highest BCUT2D eigenvalue weighted by Crippen LogP contribution is 2.38. The zero-order chi connectivity index (χ0) is 22.7. The highest BCUT2D eigenvalue weighted by molar-refractivity contribution is 6.38. The van der Waals surface area contributed by atoms with E-state index in [1.54, 1.807) is 0 Å². The molecule has 0 spiro atoms. The largest absolute Gasteiger partial charge is 0.464 e. The van der Waals surface area contributed by atoms with Gasteiger partial charge in [-0.25, -0.2) is 0 Å². The minimum Gasteiger partial charge on any atom is -0.464 e. The first-order valence-electron chi connectivity index (χ1n) is 9.60. The minimum atomic E-state index is -0.723. The molecule has 0 unspecified atom stereocenters. The fourth-order valence-electron chi connectivity index (χ4n) is 3.62. The van der Waals surface area contributed by atoms with Gasteiger partial charge in [0.15, 0.2) is 0 Å². The van der Waals surface area contributed by atoms with Gasteiger partial charge in [0, 0.05) is 0 Å². The van der Waals surface area contributed by atoms with Crippen LogP contribution < -0.4 is 26.8 Å². The summed E-state index contributed by atoms with van der Waals surface area (Å²) in [6.07, 6.45) is 0. The van der Waals surface area contributed by atoms with E-state index in [1.807, 2.05) is 39.8 Å². The number of hydrogen-bond acceptors (Lipinski definition) is 7. The topological polar surface area (TPSA) is 118 Å². The Hall–Kier alpha value is -3.39. The predicted molar refractivity (Wildman–Crippen MR) is 117 cm³/mol. The van der Waals surface area contributed by atoms with E-state index < -0.39 is 28.7 Å². The number of amides is 2. The molecular formula is C22H20ClN3O5. The standard InChI is InChI=1S/C22H20ClN3O5/c1-9-5-8-12(31-9)19(22(2,3)4)25-16-15(17(27)18(16)28)24-11-7-6-10(23)13-14(11)21(30)26-20(13)29/h5-8,19,24-25H,1-4H3,(H,26,29,30)/t19-/m0/s1. The molecule has 1 aliphatic heterocycles. The zero-order valence-electron chi connectivity index (χ0n) is 17.3. The Bertz CT molecular complexity index is 1310. The Labute approximate surface area is 182 Å². The number of benzene rings is 1. The normalized spacial score (nSPS) is 14.5. The second kappa shape index (κ2) is 7.09. The van der Waals surface area contributed by atoms with Crippen molar-refractivity contribution in [3.63, 3.8) is 0 Å². The molecule has 4 rings (SSSR count). The van der Waals surface area contributed by atoms with Crippen LogP contribution in [0.3, 0.4) is 0 Å². The molecule has 1 aliphatic rings. The molecule has 160 valence electrons. The first-order chi connectivity index (χ1) is 14.5. The number of halogens is 1. The molecule has 0 saturated heterocycles. The first-order valence-corrected chi connectivity index (χ1v) is 9.98. The van der Waals surface area contributed by atoms with Crippen LogP contribution in [0.2, 0.25) is 5.02 Å². The lowest BCUT2D eigenvalue weighted by molar-refractivity contribution is 0.0880. The number of fused-ring (bicyclic) bond motifs is 1. The van der Waals surface area contributed by atoms with Gasteiger partial charge in [0.2, 0.25) is 0 Å². The van der Waals surface area contributed by atoms with Gasteiger partial charge in [-0.15, -0.1) is 0 Å². The van der Waals surface area contributed by atoms with Crippen molar-refractivity contribution in [2.24, 2.45) is 5.41 Å². The van der Waals surface area contributed by atoms with Crippen molar-refractivity contribution in [1.82, 2.24) is 5.32 Å². The van der Waals surface area contributed by atoms with Gasteiger partial charge in [-0.1, -0.05) is 32.4 Å². The second-order valence-electron chi connectivity index (χ2n) is 8.55. The van der Waals surface area contributed by atoms with Crippen molar-refractivity contribution in [3.8, 4) is 0 Å². The molecule has 0 radical (unpaired) electrons. The number of anilines is 3. The second-order valence-corrected chi connectivity index (χ2v) is 8.96. The summed E-state index contributed by atoms with van der Waals surface area (Å²) in [5.41, 5.74) is -1.38. The Kier molecular flexibility index (Phi) is 4.77. The quantitative estimate of drug-likeness (QED) is 0.408. The van der Waals surface area contributed by atoms with E-state index in [4.69, 9.17) is 16.0 Å². The summed E-state index contributed by atoms with van der Waals surface area (Å²) in [6, 6.07) is 6.17. The third-order valence-electron chi connectivity index (χ3n) is 5.21. The van der Waals surface area contributed by atoms with E-state index in [0.717, 1.165) is 5.76 Å². The van der Waals surface area contributed by atoms with Crippen molar-refractivity contribution in [2.75, 3.05) is 10.6 Å². The lowest BCUT2D eigenvalue weighted by Gasteiger charge is -2.31. The molecule has 8 nitrogen and oxygen atoms in total. The molecule has 1 atom stereocenters. The predicted octanol–water partition coefficient (Wildman–Crippen LogP) is 3.66. The molecule has 0 aliphatic carbocycles. The van der Waals surface area contributed by atoms with Gasteiger partial charge in [0.05, 0.1) is 27.9 Å². The number of rotatable bonds is 5.